The van der Waals surface area contributed by atoms with Crippen LogP contribution in [0.15, 0.2) is 28.2 Å². The van der Waals surface area contributed by atoms with E-state index < -0.39 is 0 Å². The van der Waals surface area contributed by atoms with E-state index in [1.54, 1.807) is 14.1 Å². The molecule has 0 bridgehead atoms. The summed E-state index contributed by atoms with van der Waals surface area (Å²) in [6, 6.07) is 5.57. The van der Waals surface area contributed by atoms with Gasteiger partial charge in [0.2, 0.25) is 0 Å². The van der Waals surface area contributed by atoms with Crippen molar-refractivity contribution in [1.82, 2.24) is 10.6 Å². The second-order valence-electron chi connectivity index (χ2n) is 3.65. The maximum absolute atomic E-state index is 8.71. The fourth-order valence-electron chi connectivity index (χ4n) is 1.63. The molecule has 0 saturated heterocycles. The average Bonchev–Trinajstić information content (AvgIpc) is 2.43. The fourth-order valence-corrected chi connectivity index (χ4v) is 1.63. The minimum Gasteiger partial charge on any atom is -0.277 e. The summed E-state index contributed by atoms with van der Waals surface area (Å²) in [5, 5.41) is 22.4. The van der Waals surface area contributed by atoms with Crippen LogP contribution in [0, 0.1) is 29.8 Å². The van der Waals surface area contributed by atoms with Crippen molar-refractivity contribution in [3.05, 3.63) is 34.9 Å². The molecule has 0 amide bonds. The third-order valence-electron chi connectivity index (χ3n) is 2.56. The monoisotopic (exact) mass is 254 g/mol. The number of aliphatic imine (C=N–C) groups is 2. The molecule has 0 aromatic heterocycles. The first kappa shape index (κ1) is 14.2. The molecule has 0 unspecified atom stereocenters. The van der Waals surface area contributed by atoms with Crippen molar-refractivity contribution < 1.29 is 0 Å². The molecule has 96 valence electrons. The van der Waals surface area contributed by atoms with Crippen LogP contribution in [0.3, 0.4) is 0 Å². The highest BCUT2D eigenvalue weighted by Crippen LogP contribution is 2.12. The highest BCUT2D eigenvalue weighted by atomic mass is 15.0. The minimum atomic E-state index is 0.469. The highest BCUT2D eigenvalue weighted by molar-refractivity contribution is 6.05. The predicted octanol–water partition coefficient (Wildman–Crippen LogP) is 0.889. The number of rotatable bonds is 2. The maximum atomic E-state index is 8.71. The van der Waals surface area contributed by atoms with Gasteiger partial charge in [0, 0.05) is 25.2 Å². The molecule has 6 heteroatoms. The molecule has 19 heavy (non-hydrogen) atoms. The van der Waals surface area contributed by atoms with Gasteiger partial charge in [0.1, 0.15) is 11.7 Å². The lowest BCUT2D eigenvalue weighted by Gasteiger charge is -2.10. The zero-order chi connectivity index (χ0) is 14.3. The van der Waals surface area contributed by atoms with Crippen LogP contribution >= 0.6 is 0 Å². The standard InChI is InChI=1S/C13H14N6/c1-9-4-5-10(12(16-2)18-7-14)6-11(9)13(17-3)19-8-15/h4-6H,1-3H3,(H,16,18)(H,17,19). The number of nitriles is 2. The quantitative estimate of drug-likeness (QED) is 0.354. The van der Waals surface area contributed by atoms with E-state index in [0.717, 1.165) is 16.7 Å². The molecular weight excluding hydrogens is 240 g/mol. The number of amidine groups is 2. The normalized spacial score (nSPS) is 11.4. The summed E-state index contributed by atoms with van der Waals surface area (Å²) in [4.78, 5) is 8.05. The molecule has 0 spiro atoms. The second kappa shape index (κ2) is 6.77. The second-order valence-corrected chi connectivity index (χ2v) is 3.65. The number of nitrogens with zero attached hydrogens (tertiary/aromatic N) is 4. The SMILES string of the molecule is CN=C(NC#N)c1ccc(C)c(C(=NC)NC#N)c1. The van der Waals surface area contributed by atoms with Crippen molar-refractivity contribution in [2.75, 3.05) is 14.1 Å². The summed E-state index contributed by atoms with van der Waals surface area (Å²) in [5.41, 5.74) is 2.52. The molecule has 0 heterocycles. The Hall–Kier alpha value is -2.86. The van der Waals surface area contributed by atoms with E-state index in [9.17, 15) is 0 Å². The number of benzene rings is 1. The van der Waals surface area contributed by atoms with Crippen molar-refractivity contribution in [2.45, 2.75) is 6.92 Å². The van der Waals surface area contributed by atoms with E-state index in [-0.39, 0.29) is 0 Å². The maximum Gasteiger partial charge on any atom is 0.182 e. The lowest BCUT2D eigenvalue weighted by molar-refractivity contribution is 1.20. The third kappa shape index (κ3) is 3.30. The van der Waals surface area contributed by atoms with Crippen molar-refractivity contribution in [3.63, 3.8) is 0 Å². The molecule has 1 rings (SSSR count). The number of hydrogen-bond donors (Lipinski definition) is 2. The van der Waals surface area contributed by atoms with E-state index in [4.69, 9.17) is 10.5 Å². The summed E-state index contributed by atoms with van der Waals surface area (Å²) in [6.07, 6.45) is 3.69. The lowest BCUT2D eigenvalue weighted by atomic mass is 10.0. The number of nitrogens with one attached hydrogen (secondary N) is 2. The van der Waals surface area contributed by atoms with Crippen molar-refractivity contribution in [1.29, 1.82) is 10.5 Å². The number of hydrogen-bond acceptors (Lipinski definition) is 4. The van der Waals surface area contributed by atoms with Crippen LogP contribution in [0.5, 0.6) is 0 Å². The zero-order valence-electron chi connectivity index (χ0n) is 11.0. The van der Waals surface area contributed by atoms with Gasteiger partial charge in [-0.3, -0.25) is 20.6 Å². The Kier molecular flexibility index (Phi) is 5.06. The Balaban J connectivity index is 3.29. The first-order chi connectivity index (χ1) is 9.17. The summed E-state index contributed by atoms with van der Waals surface area (Å²) in [7, 11) is 3.20. The van der Waals surface area contributed by atoms with Crippen LogP contribution in [-0.4, -0.2) is 25.8 Å². The lowest BCUT2D eigenvalue weighted by Crippen LogP contribution is -2.23. The number of aryl methyl sites for hydroxylation is 1. The molecule has 6 nitrogen and oxygen atoms in total. The van der Waals surface area contributed by atoms with Gasteiger partial charge >= 0.3 is 0 Å². The molecule has 1 aromatic carbocycles. The molecule has 2 N–H and O–H groups in total. The molecule has 0 atom stereocenters. The first-order valence-corrected chi connectivity index (χ1v) is 5.53. The van der Waals surface area contributed by atoms with Crippen LogP contribution in [0.25, 0.3) is 0 Å². The minimum absolute atomic E-state index is 0.469. The van der Waals surface area contributed by atoms with E-state index in [2.05, 4.69) is 20.6 Å². The van der Waals surface area contributed by atoms with E-state index in [0.29, 0.717) is 11.7 Å². The molecular formula is C13H14N6. The Morgan fingerprint density at radius 2 is 1.63 bits per heavy atom. The van der Waals surface area contributed by atoms with Crippen LogP contribution in [0.1, 0.15) is 16.7 Å². The third-order valence-corrected chi connectivity index (χ3v) is 2.56. The smallest absolute Gasteiger partial charge is 0.182 e. The summed E-state index contributed by atoms with van der Waals surface area (Å²) >= 11 is 0. The predicted molar refractivity (Wildman–Crippen MR) is 73.6 cm³/mol. The molecule has 0 aliphatic rings. The van der Waals surface area contributed by atoms with Crippen LogP contribution < -0.4 is 10.6 Å². The summed E-state index contributed by atoms with van der Waals surface area (Å²) < 4.78 is 0. The van der Waals surface area contributed by atoms with Gasteiger partial charge in [-0.25, -0.2) is 0 Å². The Bertz CT molecular complexity index is 601. The molecule has 1 aromatic rings. The van der Waals surface area contributed by atoms with E-state index in [1.165, 1.54) is 0 Å². The van der Waals surface area contributed by atoms with Crippen LogP contribution in [0.4, 0.5) is 0 Å². The Morgan fingerprint density at radius 3 is 2.16 bits per heavy atom. The van der Waals surface area contributed by atoms with Crippen molar-refractivity contribution in [2.24, 2.45) is 9.98 Å². The van der Waals surface area contributed by atoms with Gasteiger partial charge in [-0.15, -0.1) is 0 Å². The van der Waals surface area contributed by atoms with Gasteiger partial charge in [0.15, 0.2) is 12.4 Å². The van der Waals surface area contributed by atoms with Crippen molar-refractivity contribution in [3.8, 4) is 12.4 Å². The fraction of sp³-hybridized carbons (Fsp3) is 0.231. The van der Waals surface area contributed by atoms with E-state index in [1.807, 2.05) is 37.5 Å². The Labute approximate surface area is 112 Å². The Morgan fingerprint density at radius 1 is 1.05 bits per heavy atom. The molecule has 0 aliphatic heterocycles. The van der Waals surface area contributed by atoms with Gasteiger partial charge in [0.25, 0.3) is 0 Å². The summed E-state index contributed by atoms with van der Waals surface area (Å²) in [6.45, 7) is 1.92. The van der Waals surface area contributed by atoms with Crippen LogP contribution in [0.2, 0.25) is 0 Å². The van der Waals surface area contributed by atoms with Crippen LogP contribution in [-0.2, 0) is 0 Å². The van der Waals surface area contributed by atoms with Gasteiger partial charge in [-0.2, -0.15) is 10.5 Å². The van der Waals surface area contributed by atoms with E-state index >= 15 is 0 Å². The average molecular weight is 254 g/mol. The first-order valence-electron chi connectivity index (χ1n) is 5.53. The zero-order valence-corrected chi connectivity index (χ0v) is 11.0. The topological polar surface area (TPSA) is 96.4 Å². The molecule has 0 saturated carbocycles. The molecule has 0 aliphatic carbocycles. The van der Waals surface area contributed by atoms with Gasteiger partial charge in [-0.05, 0) is 18.6 Å². The van der Waals surface area contributed by atoms with Gasteiger partial charge in [0.05, 0.1) is 0 Å². The molecule has 0 radical (unpaired) electrons. The van der Waals surface area contributed by atoms with Gasteiger partial charge < -0.3 is 0 Å². The van der Waals surface area contributed by atoms with Crippen molar-refractivity contribution >= 4 is 11.7 Å². The summed E-state index contributed by atoms with van der Waals surface area (Å²) in [5.74, 6) is 0.949. The van der Waals surface area contributed by atoms with Gasteiger partial charge in [-0.1, -0.05) is 12.1 Å². The molecule has 0 fully saturated rings. The highest BCUT2D eigenvalue weighted by Gasteiger charge is 2.10. The largest absolute Gasteiger partial charge is 0.277 e.